The van der Waals surface area contributed by atoms with Crippen LogP contribution in [0.5, 0.6) is 0 Å². The molecule has 40 heavy (non-hydrogen) atoms. The Bertz CT molecular complexity index is 914. The van der Waals surface area contributed by atoms with Crippen LogP contribution in [0.1, 0.15) is 73.1 Å². The Morgan fingerprint density at radius 3 is 2.23 bits per heavy atom. The normalized spacial score (nSPS) is 18.7. The second kappa shape index (κ2) is 16.6. The molecule has 0 bridgehead atoms. The Morgan fingerprint density at radius 2 is 1.68 bits per heavy atom. The third-order valence-electron chi connectivity index (χ3n) is 7.07. The van der Waals surface area contributed by atoms with E-state index in [4.69, 9.17) is 16.9 Å². The maximum atomic E-state index is 13.2. The van der Waals surface area contributed by atoms with Crippen molar-refractivity contribution in [2.75, 3.05) is 13.1 Å². The Morgan fingerprint density at radius 1 is 1.02 bits per heavy atom. The Labute approximate surface area is 236 Å². The number of carboxylic acids is 1. The van der Waals surface area contributed by atoms with Crippen molar-refractivity contribution in [1.82, 2.24) is 26.2 Å². The number of carboxylic acid groups (broad SMARTS) is 1. The summed E-state index contributed by atoms with van der Waals surface area (Å²) in [7, 11) is 0. The van der Waals surface area contributed by atoms with Crippen molar-refractivity contribution < 1.29 is 29.1 Å². The van der Waals surface area contributed by atoms with Crippen molar-refractivity contribution in [3.05, 3.63) is 0 Å². The largest absolute Gasteiger partial charge is 0.480 e. The number of nitrogens with zero attached hydrogens (tertiary/aromatic N) is 1. The van der Waals surface area contributed by atoms with Gasteiger partial charge in [-0.25, -0.2) is 4.79 Å². The van der Waals surface area contributed by atoms with E-state index in [0.29, 0.717) is 32.2 Å². The molecule has 0 radical (unpaired) electrons. The van der Waals surface area contributed by atoms with Crippen LogP contribution in [0.2, 0.25) is 0 Å². The first-order chi connectivity index (χ1) is 18.7. The highest BCUT2D eigenvalue weighted by Crippen LogP contribution is 2.21. The van der Waals surface area contributed by atoms with Crippen molar-refractivity contribution >= 4 is 35.6 Å². The summed E-state index contributed by atoms with van der Waals surface area (Å²) < 4.78 is 0. The molecule has 1 rings (SSSR count). The van der Waals surface area contributed by atoms with E-state index in [1.165, 1.54) is 11.8 Å². The van der Waals surface area contributed by atoms with Gasteiger partial charge in [0.15, 0.2) is 5.96 Å². The van der Waals surface area contributed by atoms with E-state index in [-0.39, 0.29) is 36.7 Å². The van der Waals surface area contributed by atoms with E-state index in [0.717, 1.165) is 6.42 Å². The minimum Gasteiger partial charge on any atom is -0.480 e. The van der Waals surface area contributed by atoms with Crippen molar-refractivity contribution in [2.45, 2.75) is 103 Å². The van der Waals surface area contributed by atoms with Crippen molar-refractivity contribution in [1.29, 1.82) is 5.41 Å². The van der Waals surface area contributed by atoms with E-state index in [1.807, 2.05) is 27.7 Å². The summed E-state index contributed by atoms with van der Waals surface area (Å²) >= 11 is 0. The van der Waals surface area contributed by atoms with Gasteiger partial charge in [0.2, 0.25) is 23.6 Å². The van der Waals surface area contributed by atoms with Crippen LogP contribution in [-0.2, 0) is 24.0 Å². The minimum absolute atomic E-state index is 0.0281. The predicted octanol–water partition coefficient (Wildman–Crippen LogP) is -0.781. The van der Waals surface area contributed by atoms with E-state index < -0.39 is 53.9 Å². The third-order valence-corrected chi connectivity index (χ3v) is 7.07. The van der Waals surface area contributed by atoms with Crippen LogP contribution < -0.4 is 32.7 Å². The molecule has 1 saturated heterocycles. The fourth-order valence-corrected chi connectivity index (χ4v) is 4.43. The molecule has 14 nitrogen and oxygen atoms in total. The average Bonchev–Trinajstić information content (AvgIpc) is 3.38. The maximum absolute atomic E-state index is 13.2. The molecule has 0 saturated carbocycles. The zero-order valence-corrected chi connectivity index (χ0v) is 24.3. The molecule has 14 heteroatoms. The fourth-order valence-electron chi connectivity index (χ4n) is 4.43. The van der Waals surface area contributed by atoms with Gasteiger partial charge in [0.05, 0.1) is 6.04 Å². The lowest BCUT2D eigenvalue weighted by Gasteiger charge is -2.30. The monoisotopic (exact) mass is 568 g/mol. The molecule has 1 fully saturated rings. The van der Waals surface area contributed by atoms with E-state index in [1.54, 1.807) is 0 Å². The number of carbonyl (C=O) groups excluding carboxylic acids is 4. The highest BCUT2D eigenvalue weighted by atomic mass is 16.4. The van der Waals surface area contributed by atoms with Crippen LogP contribution in [0, 0.1) is 17.2 Å². The van der Waals surface area contributed by atoms with Crippen LogP contribution in [0.25, 0.3) is 0 Å². The van der Waals surface area contributed by atoms with Gasteiger partial charge in [0.1, 0.15) is 24.2 Å². The second-order valence-corrected chi connectivity index (χ2v) is 10.9. The number of amides is 4. The molecule has 1 heterocycles. The minimum atomic E-state index is -1.23. The number of likely N-dealkylation sites (tertiary alicyclic amines) is 1. The molecule has 0 unspecified atom stereocenters. The molecule has 4 amide bonds. The maximum Gasteiger partial charge on any atom is 0.326 e. The zero-order chi connectivity index (χ0) is 30.6. The molecular weight excluding hydrogens is 520 g/mol. The summed E-state index contributed by atoms with van der Waals surface area (Å²) in [5.41, 5.74) is 11.3. The van der Waals surface area contributed by atoms with Gasteiger partial charge in [-0.15, -0.1) is 0 Å². The van der Waals surface area contributed by atoms with Gasteiger partial charge in [-0.3, -0.25) is 24.6 Å². The molecule has 0 aromatic rings. The van der Waals surface area contributed by atoms with Crippen molar-refractivity contribution in [2.24, 2.45) is 23.3 Å². The van der Waals surface area contributed by atoms with Gasteiger partial charge in [-0.1, -0.05) is 34.1 Å². The zero-order valence-electron chi connectivity index (χ0n) is 24.3. The predicted molar refractivity (Wildman–Crippen MR) is 150 cm³/mol. The quantitative estimate of drug-likeness (QED) is 0.0661. The summed E-state index contributed by atoms with van der Waals surface area (Å²) in [5.74, 6) is -3.50. The molecule has 0 spiro atoms. The first-order valence-electron chi connectivity index (χ1n) is 14.0. The highest BCUT2D eigenvalue weighted by Gasteiger charge is 2.38. The SMILES string of the molecule is CC[C@H](C)[C@H](N)C(=O)N1CCC[C@H]1C(=O)N[C@@H](CC(C)C)C(=O)N[C@@H](C)C(=O)N[C@@H](CCCNC(=N)N)C(=O)O. The van der Waals surface area contributed by atoms with Gasteiger partial charge in [0.25, 0.3) is 0 Å². The molecule has 228 valence electrons. The Kier molecular flexibility index (Phi) is 14.4. The molecule has 10 N–H and O–H groups in total. The van der Waals surface area contributed by atoms with Crippen molar-refractivity contribution in [3.8, 4) is 0 Å². The van der Waals surface area contributed by atoms with Gasteiger partial charge in [0, 0.05) is 13.1 Å². The summed E-state index contributed by atoms with van der Waals surface area (Å²) in [5, 5.41) is 26.9. The summed E-state index contributed by atoms with van der Waals surface area (Å²) in [6.07, 6.45) is 2.54. The number of nitrogens with two attached hydrogens (primary N) is 2. The van der Waals surface area contributed by atoms with Gasteiger partial charge < -0.3 is 42.7 Å². The van der Waals surface area contributed by atoms with Crippen LogP contribution in [0.4, 0.5) is 0 Å². The molecule has 1 aliphatic heterocycles. The lowest BCUT2D eigenvalue weighted by Crippen LogP contribution is -2.58. The van der Waals surface area contributed by atoms with Gasteiger partial charge in [-0.05, 0) is 50.9 Å². The van der Waals surface area contributed by atoms with Crippen LogP contribution in [0.3, 0.4) is 0 Å². The highest BCUT2D eigenvalue weighted by molar-refractivity contribution is 5.95. The Balaban J connectivity index is 2.83. The first kappa shape index (κ1) is 34.6. The van der Waals surface area contributed by atoms with Gasteiger partial charge in [-0.2, -0.15) is 0 Å². The van der Waals surface area contributed by atoms with E-state index in [2.05, 4.69) is 21.3 Å². The first-order valence-corrected chi connectivity index (χ1v) is 14.0. The number of carbonyl (C=O) groups is 5. The third kappa shape index (κ3) is 11.0. The second-order valence-electron chi connectivity index (χ2n) is 10.9. The number of rotatable bonds is 16. The lowest BCUT2D eigenvalue weighted by molar-refractivity contribution is -0.142. The Hall–Kier alpha value is -3.42. The molecular formula is C26H48N8O6. The number of hydrogen-bond donors (Lipinski definition) is 8. The average molecular weight is 569 g/mol. The summed E-state index contributed by atoms with van der Waals surface area (Å²) in [4.78, 5) is 65.1. The number of nitrogens with one attached hydrogen (secondary N) is 5. The summed E-state index contributed by atoms with van der Waals surface area (Å²) in [6.45, 7) is 9.71. The molecule has 6 atom stereocenters. The molecule has 0 aliphatic carbocycles. The lowest BCUT2D eigenvalue weighted by atomic mass is 9.98. The molecule has 1 aliphatic rings. The molecule has 0 aromatic carbocycles. The van der Waals surface area contributed by atoms with E-state index in [9.17, 15) is 29.1 Å². The van der Waals surface area contributed by atoms with Crippen molar-refractivity contribution in [3.63, 3.8) is 0 Å². The smallest absolute Gasteiger partial charge is 0.326 e. The number of aliphatic carboxylic acids is 1. The summed E-state index contributed by atoms with van der Waals surface area (Å²) in [6, 6.07) is -4.68. The van der Waals surface area contributed by atoms with Crippen LogP contribution in [0.15, 0.2) is 0 Å². The van der Waals surface area contributed by atoms with Gasteiger partial charge >= 0.3 is 5.97 Å². The van der Waals surface area contributed by atoms with Crippen LogP contribution >= 0.6 is 0 Å². The standard InChI is InChI=1S/C26H48N8O6/c1-6-15(4)20(27)24(38)34-12-8-10-19(34)23(37)33-18(13-14(2)3)22(36)31-16(5)21(35)32-17(25(39)40)9-7-11-30-26(28)29/h14-20H,6-13,27H2,1-5H3,(H,31,36)(H,32,35)(H,33,37)(H,39,40)(H4,28,29,30)/t15-,16-,17-,18-,19-,20-/m0/s1. The molecule has 0 aromatic heterocycles. The fraction of sp³-hybridized carbons (Fsp3) is 0.769. The van der Waals surface area contributed by atoms with E-state index >= 15 is 0 Å². The van der Waals surface area contributed by atoms with Crippen LogP contribution in [-0.4, -0.2) is 88.9 Å². The number of hydrogen-bond acceptors (Lipinski definition) is 7. The topological polar surface area (TPSA) is 233 Å². The number of guanidine groups is 1.